The summed E-state index contributed by atoms with van der Waals surface area (Å²) in [4.78, 5) is 5.96. The third-order valence-corrected chi connectivity index (χ3v) is 3.04. The summed E-state index contributed by atoms with van der Waals surface area (Å²) in [6.45, 7) is 0.432. The maximum atomic E-state index is 12.3. The Labute approximate surface area is 115 Å². The summed E-state index contributed by atoms with van der Waals surface area (Å²) in [6, 6.07) is 5.55. The van der Waals surface area contributed by atoms with Crippen molar-refractivity contribution in [2.24, 2.45) is 0 Å². The fraction of sp³-hybridized carbons (Fsp3) is 0.462. The molecule has 2 rings (SSSR count). The number of nitrogens with one attached hydrogen (secondary N) is 1. The molecular formula is C13H17F3N4. The second kappa shape index (κ2) is 5.70. The van der Waals surface area contributed by atoms with E-state index in [9.17, 15) is 13.2 Å². The Morgan fingerprint density at radius 2 is 2.10 bits per heavy atom. The lowest BCUT2D eigenvalue weighted by atomic mass is 10.3. The monoisotopic (exact) mass is 286 g/mol. The fourth-order valence-electron chi connectivity index (χ4n) is 2.07. The third kappa shape index (κ3) is 3.22. The molecule has 0 fully saturated rings. The van der Waals surface area contributed by atoms with Crippen molar-refractivity contribution in [2.45, 2.75) is 19.1 Å². The molecule has 0 aliphatic carbocycles. The van der Waals surface area contributed by atoms with Gasteiger partial charge in [-0.3, -0.25) is 0 Å². The second-order valence-corrected chi connectivity index (χ2v) is 4.63. The Hall–Kier alpha value is -1.76. The van der Waals surface area contributed by atoms with Crippen LogP contribution in [-0.4, -0.2) is 36.2 Å². The van der Waals surface area contributed by atoms with E-state index in [4.69, 9.17) is 0 Å². The summed E-state index contributed by atoms with van der Waals surface area (Å²) in [5, 5.41) is 3.02. The van der Waals surface area contributed by atoms with E-state index in [2.05, 4.69) is 10.3 Å². The normalized spacial score (nSPS) is 12.1. The van der Waals surface area contributed by atoms with E-state index in [1.165, 1.54) is 0 Å². The Morgan fingerprint density at radius 3 is 2.75 bits per heavy atom. The van der Waals surface area contributed by atoms with Gasteiger partial charge < -0.3 is 14.6 Å². The van der Waals surface area contributed by atoms with Crippen LogP contribution in [0.4, 0.5) is 19.0 Å². The number of halogens is 3. The summed E-state index contributed by atoms with van der Waals surface area (Å²) >= 11 is 0. The van der Waals surface area contributed by atoms with Crippen molar-refractivity contribution in [1.82, 2.24) is 14.7 Å². The first-order chi connectivity index (χ1) is 9.42. The van der Waals surface area contributed by atoms with E-state index in [-0.39, 0.29) is 6.54 Å². The molecule has 0 unspecified atom stereocenters. The highest BCUT2D eigenvalue weighted by Gasteiger charge is 2.28. The first-order valence-electron chi connectivity index (χ1n) is 6.31. The van der Waals surface area contributed by atoms with E-state index in [0.29, 0.717) is 12.4 Å². The summed E-state index contributed by atoms with van der Waals surface area (Å²) in [6.07, 6.45) is -3.15. The van der Waals surface area contributed by atoms with Crippen molar-refractivity contribution in [3.63, 3.8) is 0 Å². The Morgan fingerprint density at radius 1 is 1.35 bits per heavy atom. The average Bonchev–Trinajstić information content (AvgIpc) is 2.75. The van der Waals surface area contributed by atoms with Crippen LogP contribution >= 0.6 is 0 Å². The highest BCUT2D eigenvalue weighted by atomic mass is 19.4. The lowest BCUT2D eigenvalue weighted by Gasteiger charge is -2.19. The van der Waals surface area contributed by atoms with Crippen LogP contribution in [0.3, 0.4) is 0 Å². The van der Waals surface area contributed by atoms with Crippen LogP contribution < -0.4 is 10.2 Å². The van der Waals surface area contributed by atoms with Crippen LogP contribution in [0.5, 0.6) is 0 Å². The minimum absolute atomic E-state index is 0.107. The molecule has 2 aromatic heterocycles. The van der Waals surface area contributed by atoms with E-state index < -0.39 is 12.6 Å². The summed E-state index contributed by atoms with van der Waals surface area (Å²) in [5.41, 5.74) is 1.58. The van der Waals surface area contributed by atoms with Crippen LogP contribution in [-0.2, 0) is 6.54 Å². The zero-order valence-corrected chi connectivity index (χ0v) is 11.4. The van der Waals surface area contributed by atoms with Gasteiger partial charge in [0, 0.05) is 26.3 Å². The fourth-order valence-corrected chi connectivity index (χ4v) is 2.07. The molecule has 0 aromatic carbocycles. The molecule has 4 nitrogen and oxygen atoms in total. The summed E-state index contributed by atoms with van der Waals surface area (Å²) in [5.74, 6) is 0.579. The van der Waals surface area contributed by atoms with Crippen LogP contribution in [0, 0.1) is 0 Å². The molecule has 2 heterocycles. The molecule has 110 valence electrons. The summed E-state index contributed by atoms with van der Waals surface area (Å²) < 4.78 is 38.8. The van der Waals surface area contributed by atoms with Gasteiger partial charge in [-0.1, -0.05) is 6.07 Å². The topological polar surface area (TPSA) is 32.6 Å². The predicted octanol–water partition coefficient (Wildman–Crippen LogP) is 2.44. The number of anilines is 1. The molecule has 0 aliphatic rings. The molecule has 0 atom stereocenters. The van der Waals surface area contributed by atoms with Crippen LogP contribution in [0.15, 0.2) is 24.4 Å². The smallest absolute Gasteiger partial charge is 0.358 e. The highest BCUT2D eigenvalue weighted by molar-refractivity contribution is 5.55. The largest absolute Gasteiger partial charge is 0.390 e. The van der Waals surface area contributed by atoms with Gasteiger partial charge >= 0.3 is 6.18 Å². The number of pyridine rings is 1. The van der Waals surface area contributed by atoms with E-state index >= 15 is 0 Å². The Balaban J connectivity index is 2.30. The molecule has 0 saturated heterocycles. The van der Waals surface area contributed by atoms with Crippen LogP contribution in [0.25, 0.3) is 5.65 Å². The zero-order chi connectivity index (χ0) is 14.8. The number of fused-ring (bicyclic) bond motifs is 1. The number of hydrogen-bond donors (Lipinski definition) is 1. The standard InChI is InChI=1S/C13H17F3N4/c1-17-9-10-12(19(2)8-6-13(14,15)16)18-11-5-3-4-7-20(10)11/h3-5,7,17H,6,8-9H2,1-2H3. The van der Waals surface area contributed by atoms with Gasteiger partial charge in [-0.25, -0.2) is 4.98 Å². The number of imidazole rings is 1. The predicted molar refractivity (Wildman–Crippen MR) is 71.9 cm³/mol. The summed E-state index contributed by atoms with van der Waals surface area (Å²) in [7, 11) is 3.43. The van der Waals surface area contributed by atoms with Crippen molar-refractivity contribution in [1.29, 1.82) is 0 Å². The number of nitrogens with zero attached hydrogens (tertiary/aromatic N) is 3. The molecule has 20 heavy (non-hydrogen) atoms. The molecule has 7 heteroatoms. The molecular weight excluding hydrogens is 269 g/mol. The van der Waals surface area contributed by atoms with Crippen molar-refractivity contribution in [3.05, 3.63) is 30.1 Å². The molecule has 0 bridgehead atoms. The molecule has 2 aromatic rings. The van der Waals surface area contributed by atoms with Gasteiger partial charge in [0.05, 0.1) is 12.1 Å². The average molecular weight is 286 g/mol. The van der Waals surface area contributed by atoms with Gasteiger partial charge in [-0.2, -0.15) is 13.2 Å². The maximum absolute atomic E-state index is 12.3. The number of alkyl halides is 3. The molecule has 0 amide bonds. The number of aromatic nitrogens is 2. The molecule has 1 N–H and O–H groups in total. The first-order valence-corrected chi connectivity index (χ1v) is 6.31. The highest BCUT2D eigenvalue weighted by Crippen LogP contribution is 2.24. The van der Waals surface area contributed by atoms with Crippen molar-refractivity contribution in [2.75, 3.05) is 25.5 Å². The van der Waals surface area contributed by atoms with Gasteiger partial charge in [-0.15, -0.1) is 0 Å². The molecule has 0 aliphatic heterocycles. The van der Waals surface area contributed by atoms with Crippen LogP contribution in [0.1, 0.15) is 12.1 Å². The SMILES string of the molecule is CNCc1c(N(C)CCC(F)(F)F)nc2ccccn12. The van der Waals surface area contributed by atoms with Crippen molar-refractivity contribution < 1.29 is 13.2 Å². The van der Waals surface area contributed by atoms with Crippen LogP contribution in [0.2, 0.25) is 0 Å². The van der Waals surface area contributed by atoms with E-state index in [1.807, 2.05) is 28.8 Å². The Bertz CT molecular complexity index is 576. The zero-order valence-electron chi connectivity index (χ0n) is 11.4. The lowest BCUT2D eigenvalue weighted by Crippen LogP contribution is -2.26. The minimum atomic E-state index is -4.16. The quantitative estimate of drug-likeness (QED) is 0.916. The number of rotatable bonds is 5. The third-order valence-electron chi connectivity index (χ3n) is 3.04. The second-order valence-electron chi connectivity index (χ2n) is 4.63. The maximum Gasteiger partial charge on any atom is 0.390 e. The minimum Gasteiger partial charge on any atom is -0.358 e. The Kier molecular flexibility index (Phi) is 4.17. The molecule has 0 saturated carbocycles. The van der Waals surface area contributed by atoms with Crippen molar-refractivity contribution in [3.8, 4) is 0 Å². The van der Waals surface area contributed by atoms with E-state index in [1.54, 1.807) is 19.0 Å². The van der Waals surface area contributed by atoms with Crippen molar-refractivity contribution >= 4 is 11.5 Å². The van der Waals surface area contributed by atoms with E-state index in [0.717, 1.165) is 11.3 Å². The molecule has 0 spiro atoms. The lowest BCUT2D eigenvalue weighted by molar-refractivity contribution is -0.132. The van der Waals surface area contributed by atoms with Gasteiger partial charge in [0.2, 0.25) is 0 Å². The molecule has 0 radical (unpaired) electrons. The number of hydrogen-bond acceptors (Lipinski definition) is 3. The first kappa shape index (κ1) is 14.6. The van der Waals surface area contributed by atoms with Gasteiger partial charge in [0.25, 0.3) is 0 Å². The van der Waals surface area contributed by atoms with Gasteiger partial charge in [0.1, 0.15) is 5.65 Å². The van der Waals surface area contributed by atoms with Gasteiger partial charge in [0.15, 0.2) is 5.82 Å². The van der Waals surface area contributed by atoms with Gasteiger partial charge in [-0.05, 0) is 19.2 Å².